The van der Waals surface area contributed by atoms with Gasteiger partial charge in [0, 0.05) is 12.5 Å². The lowest BCUT2D eigenvalue weighted by Crippen LogP contribution is -2.14. The second kappa shape index (κ2) is 7.04. The van der Waals surface area contributed by atoms with Crippen molar-refractivity contribution in [2.45, 2.75) is 6.42 Å². The fourth-order valence-corrected chi connectivity index (χ4v) is 1.94. The van der Waals surface area contributed by atoms with Crippen molar-refractivity contribution >= 4 is 23.4 Å². The van der Waals surface area contributed by atoms with Gasteiger partial charge in [0.2, 0.25) is 0 Å². The number of carboxylic acid groups (broad SMARTS) is 1. The summed E-state index contributed by atoms with van der Waals surface area (Å²) < 4.78 is 18.4. The Bertz CT molecular complexity index is 715. The maximum Gasteiger partial charge on any atom is 0.335 e. The van der Waals surface area contributed by atoms with Crippen LogP contribution >= 0.6 is 11.6 Å². The molecule has 0 radical (unpaired) electrons. The number of benzene rings is 2. The van der Waals surface area contributed by atoms with Crippen LogP contribution in [0.2, 0.25) is 5.02 Å². The van der Waals surface area contributed by atoms with E-state index in [1.165, 1.54) is 24.3 Å². The average molecular weight is 323 g/mol. The summed E-state index contributed by atoms with van der Waals surface area (Å²) in [4.78, 5) is 22.7. The number of rotatable bonds is 6. The first-order chi connectivity index (χ1) is 10.5. The van der Waals surface area contributed by atoms with E-state index in [9.17, 15) is 14.0 Å². The number of carbonyl (C=O) groups excluding carboxylic acids is 1. The van der Waals surface area contributed by atoms with Crippen LogP contribution in [-0.2, 0) is 11.2 Å². The first-order valence-corrected chi connectivity index (χ1v) is 6.75. The number of hydrogen-bond acceptors (Lipinski definition) is 3. The van der Waals surface area contributed by atoms with Crippen molar-refractivity contribution in [3.05, 3.63) is 64.4 Å². The number of carbonyl (C=O) groups is 2. The standard InChI is InChI=1S/C16H12ClFO4/c17-14-5-4-13(8-15(14)18)22-9-12(19)7-10-2-1-3-11(6-10)16(20)21/h1-6,8H,7,9H2,(H,20,21). The van der Waals surface area contributed by atoms with Crippen molar-refractivity contribution < 1.29 is 23.8 Å². The molecule has 0 saturated heterocycles. The van der Waals surface area contributed by atoms with Crippen molar-refractivity contribution in [3.63, 3.8) is 0 Å². The second-order valence-electron chi connectivity index (χ2n) is 4.59. The Labute approximate surface area is 131 Å². The number of Topliss-reactive ketones (excluding diaryl/α,β-unsaturated/α-hetero) is 1. The molecule has 0 saturated carbocycles. The van der Waals surface area contributed by atoms with Gasteiger partial charge < -0.3 is 9.84 Å². The van der Waals surface area contributed by atoms with E-state index >= 15 is 0 Å². The van der Waals surface area contributed by atoms with Gasteiger partial charge >= 0.3 is 5.97 Å². The van der Waals surface area contributed by atoms with E-state index < -0.39 is 11.8 Å². The van der Waals surface area contributed by atoms with E-state index in [0.29, 0.717) is 5.56 Å². The molecule has 2 aromatic rings. The highest BCUT2D eigenvalue weighted by molar-refractivity contribution is 6.30. The molecular formula is C16H12ClFO4. The van der Waals surface area contributed by atoms with Gasteiger partial charge in [-0.15, -0.1) is 0 Å². The largest absolute Gasteiger partial charge is 0.486 e. The molecule has 0 aliphatic carbocycles. The molecule has 1 N–H and O–H groups in total. The molecule has 0 amide bonds. The predicted octanol–water partition coefficient (Wildman–Crippen LogP) is 3.37. The number of carboxylic acids is 1. The molecule has 0 fully saturated rings. The molecule has 0 aromatic heterocycles. The normalized spacial score (nSPS) is 10.3. The summed E-state index contributed by atoms with van der Waals surface area (Å²) in [5.74, 6) is -1.73. The summed E-state index contributed by atoms with van der Waals surface area (Å²) in [5.41, 5.74) is 0.696. The van der Waals surface area contributed by atoms with Gasteiger partial charge in [-0.2, -0.15) is 0 Å². The van der Waals surface area contributed by atoms with Gasteiger partial charge in [-0.1, -0.05) is 23.7 Å². The third kappa shape index (κ3) is 4.30. The van der Waals surface area contributed by atoms with E-state index in [2.05, 4.69) is 0 Å². The van der Waals surface area contributed by atoms with Crippen LogP contribution < -0.4 is 4.74 Å². The van der Waals surface area contributed by atoms with Crippen LogP contribution in [-0.4, -0.2) is 23.5 Å². The fraction of sp³-hybridized carbons (Fsp3) is 0.125. The van der Waals surface area contributed by atoms with Crippen LogP contribution in [0.15, 0.2) is 42.5 Å². The molecule has 0 aliphatic heterocycles. The van der Waals surface area contributed by atoms with Crippen LogP contribution in [0.4, 0.5) is 4.39 Å². The number of aromatic carboxylic acids is 1. The van der Waals surface area contributed by atoms with Crippen LogP contribution in [0.25, 0.3) is 0 Å². The Hall–Kier alpha value is -2.40. The van der Waals surface area contributed by atoms with Crippen LogP contribution in [0.5, 0.6) is 5.75 Å². The quantitative estimate of drug-likeness (QED) is 0.885. The van der Waals surface area contributed by atoms with Crippen molar-refractivity contribution in [1.29, 1.82) is 0 Å². The number of ether oxygens (including phenoxy) is 1. The lowest BCUT2D eigenvalue weighted by molar-refractivity contribution is -0.120. The molecule has 0 spiro atoms. The summed E-state index contributed by atoms with van der Waals surface area (Å²) in [7, 11) is 0. The molecule has 0 atom stereocenters. The molecule has 22 heavy (non-hydrogen) atoms. The second-order valence-corrected chi connectivity index (χ2v) is 4.99. The smallest absolute Gasteiger partial charge is 0.335 e. The molecule has 6 heteroatoms. The molecular weight excluding hydrogens is 311 g/mol. The Morgan fingerprint density at radius 3 is 2.64 bits per heavy atom. The Kier molecular flexibility index (Phi) is 5.12. The molecule has 4 nitrogen and oxygen atoms in total. The Balaban J connectivity index is 1.94. The van der Waals surface area contributed by atoms with Crippen molar-refractivity contribution in [3.8, 4) is 5.75 Å². The molecule has 0 heterocycles. The molecule has 0 unspecified atom stereocenters. The highest BCUT2D eigenvalue weighted by Crippen LogP contribution is 2.20. The minimum Gasteiger partial charge on any atom is -0.486 e. The average Bonchev–Trinajstić information content (AvgIpc) is 2.49. The van der Waals surface area contributed by atoms with Gasteiger partial charge in [-0.25, -0.2) is 9.18 Å². The van der Waals surface area contributed by atoms with Gasteiger partial charge in [0.1, 0.15) is 18.2 Å². The summed E-state index contributed by atoms with van der Waals surface area (Å²) in [6.07, 6.45) is 0.0389. The van der Waals surface area contributed by atoms with E-state index in [1.807, 2.05) is 0 Å². The van der Waals surface area contributed by atoms with E-state index in [4.69, 9.17) is 21.4 Å². The summed E-state index contributed by atoms with van der Waals surface area (Å²) in [5, 5.41) is 8.86. The van der Waals surface area contributed by atoms with E-state index in [1.54, 1.807) is 12.1 Å². The van der Waals surface area contributed by atoms with Crippen LogP contribution in [0.1, 0.15) is 15.9 Å². The Morgan fingerprint density at radius 1 is 1.18 bits per heavy atom. The van der Waals surface area contributed by atoms with Gasteiger partial charge in [0.25, 0.3) is 0 Å². The maximum absolute atomic E-state index is 13.2. The third-order valence-corrected chi connectivity index (χ3v) is 3.17. The summed E-state index contributed by atoms with van der Waals surface area (Å²) >= 11 is 5.55. The maximum atomic E-state index is 13.2. The minimum absolute atomic E-state index is 0.0239. The van der Waals surface area contributed by atoms with E-state index in [0.717, 1.165) is 6.07 Å². The SMILES string of the molecule is O=C(COc1ccc(Cl)c(F)c1)Cc1cccc(C(=O)O)c1. The number of hydrogen-bond donors (Lipinski definition) is 1. The highest BCUT2D eigenvalue weighted by atomic mass is 35.5. The molecule has 0 bridgehead atoms. The molecule has 0 aliphatic rings. The topological polar surface area (TPSA) is 63.6 Å². The van der Waals surface area contributed by atoms with Crippen molar-refractivity contribution in [1.82, 2.24) is 0 Å². The lowest BCUT2D eigenvalue weighted by atomic mass is 10.1. The summed E-state index contributed by atoms with van der Waals surface area (Å²) in [6.45, 7) is -0.238. The number of halogens is 2. The van der Waals surface area contributed by atoms with Gasteiger partial charge in [0.15, 0.2) is 5.78 Å². The van der Waals surface area contributed by atoms with E-state index in [-0.39, 0.29) is 35.1 Å². The van der Waals surface area contributed by atoms with Crippen LogP contribution in [0.3, 0.4) is 0 Å². The molecule has 114 valence electrons. The fourth-order valence-electron chi connectivity index (χ4n) is 1.82. The van der Waals surface area contributed by atoms with Crippen LogP contribution in [0, 0.1) is 5.82 Å². The lowest BCUT2D eigenvalue weighted by Gasteiger charge is -2.06. The first kappa shape index (κ1) is 16.0. The van der Waals surface area contributed by atoms with Gasteiger partial charge in [-0.05, 0) is 29.8 Å². The number of ketones is 1. The molecule has 2 rings (SSSR count). The van der Waals surface area contributed by atoms with Gasteiger partial charge in [0.05, 0.1) is 10.6 Å². The highest BCUT2D eigenvalue weighted by Gasteiger charge is 2.09. The predicted molar refractivity (Wildman–Crippen MR) is 79.0 cm³/mol. The third-order valence-electron chi connectivity index (χ3n) is 2.87. The minimum atomic E-state index is -1.05. The zero-order chi connectivity index (χ0) is 16.1. The zero-order valence-corrected chi connectivity index (χ0v) is 12.1. The molecule has 2 aromatic carbocycles. The first-order valence-electron chi connectivity index (χ1n) is 6.37. The summed E-state index contributed by atoms with van der Waals surface area (Å²) in [6, 6.07) is 10.0. The van der Waals surface area contributed by atoms with Crippen molar-refractivity contribution in [2.75, 3.05) is 6.61 Å². The Morgan fingerprint density at radius 2 is 1.95 bits per heavy atom. The van der Waals surface area contributed by atoms with Gasteiger partial charge in [-0.3, -0.25) is 4.79 Å². The van der Waals surface area contributed by atoms with Crippen molar-refractivity contribution in [2.24, 2.45) is 0 Å². The monoisotopic (exact) mass is 322 g/mol. The zero-order valence-electron chi connectivity index (χ0n) is 11.4.